The summed E-state index contributed by atoms with van der Waals surface area (Å²) in [5, 5.41) is 2.80. The molecule has 0 spiro atoms. The van der Waals surface area contributed by atoms with E-state index < -0.39 is 5.97 Å². The Hall–Kier alpha value is -1.36. The van der Waals surface area contributed by atoms with Crippen molar-refractivity contribution in [1.29, 1.82) is 0 Å². The third-order valence-electron chi connectivity index (χ3n) is 1.50. The largest absolute Gasteiger partial charge is 0.461 e. The summed E-state index contributed by atoms with van der Waals surface area (Å²) in [4.78, 5) is 18.9. The molecule has 0 bridgehead atoms. The molecule has 0 saturated heterocycles. The quantitative estimate of drug-likeness (QED) is 0.654. The van der Waals surface area contributed by atoms with Crippen molar-refractivity contribution in [2.75, 3.05) is 19.0 Å². The van der Waals surface area contributed by atoms with Crippen molar-refractivity contribution in [2.24, 2.45) is 0 Å². The molecule has 0 saturated carbocycles. The summed E-state index contributed by atoms with van der Waals surface area (Å²) >= 11 is 5.56. The van der Waals surface area contributed by atoms with E-state index in [0.717, 1.165) is 0 Å². The van der Waals surface area contributed by atoms with E-state index in [1.54, 1.807) is 14.0 Å². The van der Waals surface area contributed by atoms with Crippen LogP contribution in [0.4, 0.5) is 5.69 Å². The third kappa shape index (κ3) is 4.02. The summed E-state index contributed by atoms with van der Waals surface area (Å²) in [6.45, 7) is 6.02. The van der Waals surface area contributed by atoms with Crippen LogP contribution in [0.2, 0.25) is 5.28 Å². The van der Waals surface area contributed by atoms with Crippen molar-refractivity contribution in [2.45, 2.75) is 20.8 Å². The molecule has 0 atom stereocenters. The van der Waals surface area contributed by atoms with Crippen LogP contribution in [-0.2, 0) is 4.74 Å². The monoisotopic (exact) mass is 245 g/mol. The first-order valence-corrected chi connectivity index (χ1v) is 5.44. The molecule has 6 heteroatoms. The Morgan fingerprint density at radius 2 is 2.19 bits per heavy atom. The van der Waals surface area contributed by atoms with Crippen molar-refractivity contribution in [3.8, 4) is 0 Å². The lowest BCUT2D eigenvalue weighted by Gasteiger charge is -2.06. The van der Waals surface area contributed by atoms with Gasteiger partial charge < -0.3 is 10.1 Å². The fourth-order valence-corrected chi connectivity index (χ4v) is 1.03. The predicted molar refractivity (Wildman–Crippen MR) is 63.9 cm³/mol. The minimum absolute atomic E-state index is 0.0204. The molecule has 1 aromatic rings. The van der Waals surface area contributed by atoms with Gasteiger partial charge in [0, 0.05) is 7.05 Å². The molecule has 90 valence electrons. The highest BCUT2D eigenvalue weighted by Crippen LogP contribution is 2.14. The van der Waals surface area contributed by atoms with Gasteiger partial charge in [0.15, 0.2) is 5.69 Å². The lowest BCUT2D eigenvalue weighted by Crippen LogP contribution is -2.11. The second-order valence-electron chi connectivity index (χ2n) is 2.37. The van der Waals surface area contributed by atoms with E-state index in [0.29, 0.717) is 12.3 Å². The second kappa shape index (κ2) is 7.87. The van der Waals surface area contributed by atoms with E-state index in [2.05, 4.69) is 15.3 Å². The average Bonchev–Trinajstić information content (AvgIpc) is 2.32. The molecule has 1 heterocycles. The van der Waals surface area contributed by atoms with Crippen LogP contribution in [0.5, 0.6) is 0 Å². The Labute approximate surface area is 100 Å². The summed E-state index contributed by atoms with van der Waals surface area (Å²) in [5.41, 5.74) is 0.641. The van der Waals surface area contributed by atoms with Crippen molar-refractivity contribution in [3.63, 3.8) is 0 Å². The average molecular weight is 246 g/mol. The van der Waals surface area contributed by atoms with Gasteiger partial charge >= 0.3 is 5.97 Å². The Bertz CT molecular complexity index is 345. The van der Waals surface area contributed by atoms with Gasteiger partial charge in [0.2, 0.25) is 5.28 Å². The van der Waals surface area contributed by atoms with Gasteiger partial charge in [0.1, 0.15) is 0 Å². The molecule has 1 rings (SSSR count). The van der Waals surface area contributed by atoms with Gasteiger partial charge in [-0.1, -0.05) is 13.8 Å². The van der Waals surface area contributed by atoms with Gasteiger partial charge in [-0.05, 0) is 18.5 Å². The Kier molecular flexibility index (Phi) is 7.20. The van der Waals surface area contributed by atoms with Gasteiger partial charge in [-0.15, -0.1) is 0 Å². The van der Waals surface area contributed by atoms with Crippen LogP contribution in [0.15, 0.2) is 6.20 Å². The lowest BCUT2D eigenvalue weighted by molar-refractivity contribution is 0.0520. The number of esters is 1. The van der Waals surface area contributed by atoms with E-state index in [1.807, 2.05) is 13.8 Å². The van der Waals surface area contributed by atoms with Crippen LogP contribution in [-0.4, -0.2) is 29.6 Å². The Balaban J connectivity index is 0.00000106. The Morgan fingerprint density at radius 3 is 2.69 bits per heavy atom. The number of rotatable bonds is 3. The van der Waals surface area contributed by atoms with Gasteiger partial charge in [-0.25, -0.2) is 14.8 Å². The molecule has 5 nitrogen and oxygen atoms in total. The molecule has 16 heavy (non-hydrogen) atoms. The smallest absolute Gasteiger partial charge is 0.359 e. The fraction of sp³-hybridized carbons (Fsp3) is 0.500. The van der Waals surface area contributed by atoms with Crippen molar-refractivity contribution in [3.05, 3.63) is 17.2 Å². The van der Waals surface area contributed by atoms with Crippen LogP contribution in [0.3, 0.4) is 0 Å². The number of aromatic nitrogens is 2. The van der Waals surface area contributed by atoms with Crippen LogP contribution >= 0.6 is 11.6 Å². The number of halogens is 1. The fourth-order valence-electron chi connectivity index (χ4n) is 0.898. The molecular formula is C10H16ClN3O2. The van der Waals surface area contributed by atoms with Crippen molar-refractivity contribution in [1.82, 2.24) is 9.97 Å². The van der Waals surface area contributed by atoms with Crippen molar-refractivity contribution >= 4 is 23.3 Å². The maximum absolute atomic E-state index is 11.4. The molecule has 0 aliphatic rings. The van der Waals surface area contributed by atoms with Crippen LogP contribution in [0, 0.1) is 0 Å². The lowest BCUT2D eigenvalue weighted by atomic mass is 10.3. The molecule has 0 radical (unpaired) electrons. The zero-order valence-corrected chi connectivity index (χ0v) is 10.6. The van der Waals surface area contributed by atoms with E-state index in [4.69, 9.17) is 16.3 Å². The molecule has 1 aromatic heterocycles. The van der Waals surface area contributed by atoms with Crippen LogP contribution < -0.4 is 5.32 Å². The van der Waals surface area contributed by atoms with E-state index >= 15 is 0 Å². The van der Waals surface area contributed by atoms with Gasteiger partial charge in [0.05, 0.1) is 18.5 Å². The maximum Gasteiger partial charge on any atom is 0.359 e. The minimum Gasteiger partial charge on any atom is -0.461 e. The third-order valence-corrected chi connectivity index (χ3v) is 1.68. The molecule has 0 aromatic carbocycles. The number of ether oxygens (including phenoxy) is 1. The Morgan fingerprint density at radius 1 is 1.56 bits per heavy atom. The van der Waals surface area contributed by atoms with E-state index in [-0.39, 0.29) is 11.0 Å². The number of carbonyl (C=O) groups is 1. The minimum atomic E-state index is -0.513. The number of hydrogen-bond donors (Lipinski definition) is 1. The highest BCUT2D eigenvalue weighted by molar-refractivity contribution is 6.28. The number of nitrogens with zero attached hydrogens (tertiary/aromatic N) is 2. The normalized spacial score (nSPS) is 8.81. The summed E-state index contributed by atoms with van der Waals surface area (Å²) < 4.78 is 4.80. The molecule has 0 amide bonds. The van der Waals surface area contributed by atoms with Crippen molar-refractivity contribution < 1.29 is 9.53 Å². The molecular weight excluding hydrogens is 230 g/mol. The van der Waals surface area contributed by atoms with Crippen LogP contribution in [0.25, 0.3) is 0 Å². The van der Waals surface area contributed by atoms with Gasteiger partial charge in [0.25, 0.3) is 0 Å². The molecule has 0 unspecified atom stereocenters. The number of anilines is 1. The molecule has 0 fully saturated rings. The van der Waals surface area contributed by atoms with E-state index in [9.17, 15) is 4.79 Å². The highest BCUT2D eigenvalue weighted by Gasteiger charge is 2.14. The number of hydrogen-bond acceptors (Lipinski definition) is 5. The number of carbonyl (C=O) groups excluding carboxylic acids is 1. The predicted octanol–water partition coefficient (Wildman–Crippen LogP) is 2.37. The first-order chi connectivity index (χ1) is 7.69. The highest BCUT2D eigenvalue weighted by atomic mass is 35.5. The molecule has 0 aliphatic heterocycles. The number of nitrogens with one attached hydrogen (secondary N) is 1. The standard InChI is InChI=1S/C8H10ClN3O2.C2H6/c1-3-14-7(13)6-5(10-2)4-11-8(9)12-6;1-2/h4,10H,3H2,1-2H3;1-2H3. The summed E-state index contributed by atoms with van der Waals surface area (Å²) in [6, 6.07) is 0. The van der Waals surface area contributed by atoms with Gasteiger partial charge in [-0.2, -0.15) is 0 Å². The second-order valence-corrected chi connectivity index (χ2v) is 2.71. The summed E-state index contributed by atoms with van der Waals surface area (Å²) in [7, 11) is 1.66. The first kappa shape index (κ1) is 14.6. The molecule has 0 aliphatic carbocycles. The van der Waals surface area contributed by atoms with Gasteiger partial charge in [-0.3, -0.25) is 0 Å². The topological polar surface area (TPSA) is 64.1 Å². The SMILES string of the molecule is CC.CCOC(=O)c1nc(Cl)ncc1NC. The zero-order valence-electron chi connectivity index (χ0n) is 9.87. The maximum atomic E-state index is 11.4. The summed E-state index contributed by atoms with van der Waals surface area (Å²) in [5.74, 6) is -0.513. The molecule has 1 N–H and O–H groups in total. The summed E-state index contributed by atoms with van der Waals surface area (Å²) in [6.07, 6.45) is 1.43. The van der Waals surface area contributed by atoms with E-state index in [1.165, 1.54) is 6.20 Å². The van der Waals surface area contributed by atoms with Crippen LogP contribution in [0.1, 0.15) is 31.3 Å². The first-order valence-electron chi connectivity index (χ1n) is 5.06. The zero-order chi connectivity index (χ0) is 12.6.